The van der Waals surface area contributed by atoms with E-state index in [1.165, 1.54) is 22.0 Å². The first-order chi connectivity index (χ1) is 6.63. The average Bonchev–Trinajstić information content (AvgIpc) is 2.19. The van der Waals surface area contributed by atoms with E-state index in [2.05, 4.69) is 60.2 Å². The van der Waals surface area contributed by atoms with Crippen LogP contribution in [0.25, 0.3) is 0 Å². The van der Waals surface area contributed by atoms with E-state index in [4.69, 9.17) is 0 Å². The van der Waals surface area contributed by atoms with Gasteiger partial charge in [-0.05, 0) is 37.5 Å². The van der Waals surface area contributed by atoms with Crippen molar-refractivity contribution in [2.24, 2.45) is 0 Å². The standard InChI is InChI=1S/C12H18BrN/c1-4-10(3)14-8-11-5-6-12(13)9(2)7-11/h5-7,10,14H,4,8H2,1-3H3. The second kappa shape index (κ2) is 5.52. The molecule has 1 aromatic rings. The van der Waals surface area contributed by atoms with Crippen LogP contribution in [0.1, 0.15) is 31.4 Å². The van der Waals surface area contributed by atoms with Crippen LogP contribution in [0.2, 0.25) is 0 Å². The summed E-state index contributed by atoms with van der Waals surface area (Å²) in [5.74, 6) is 0. The van der Waals surface area contributed by atoms with E-state index in [-0.39, 0.29) is 0 Å². The van der Waals surface area contributed by atoms with Crippen LogP contribution in [-0.2, 0) is 6.54 Å². The van der Waals surface area contributed by atoms with E-state index in [9.17, 15) is 0 Å². The molecule has 0 amide bonds. The van der Waals surface area contributed by atoms with Crippen molar-refractivity contribution in [3.05, 3.63) is 33.8 Å². The second-order valence-electron chi connectivity index (χ2n) is 3.77. The molecule has 1 nitrogen and oxygen atoms in total. The van der Waals surface area contributed by atoms with E-state index in [0.717, 1.165) is 6.54 Å². The molecule has 0 spiro atoms. The molecule has 0 saturated heterocycles. The first-order valence-corrected chi connectivity index (χ1v) is 5.91. The van der Waals surface area contributed by atoms with Gasteiger partial charge >= 0.3 is 0 Å². The lowest BCUT2D eigenvalue weighted by Gasteiger charge is -2.11. The molecule has 1 atom stereocenters. The summed E-state index contributed by atoms with van der Waals surface area (Å²) < 4.78 is 1.18. The Labute approximate surface area is 95.0 Å². The van der Waals surface area contributed by atoms with Crippen LogP contribution < -0.4 is 5.32 Å². The normalized spacial score (nSPS) is 12.9. The largest absolute Gasteiger partial charge is 0.310 e. The molecule has 14 heavy (non-hydrogen) atoms. The lowest BCUT2D eigenvalue weighted by molar-refractivity contribution is 0.534. The fourth-order valence-corrected chi connectivity index (χ4v) is 1.50. The zero-order valence-corrected chi connectivity index (χ0v) is 10.7. The van der Waals surface area contributed by atoms with Gasteiger partial charge in [0.15, 0.2) is 0 Å². The third kappa shape index (κ3) is 3.43. The predicted octanol–water partition coefficient (Wildman–Crippen LogP) is 3.65. The fourth-order valence-electron chi connectivity index (χ4n) is 1.25. The molecule has 1 aromatic carbocycles. The zero-order chi connectivity index (χ0) is 10.6. The topological polar surface area (TPSA) is 12.0 Å². The SMILES string of the molecule is CCC(C)NCc1ccc(Br)c(C)c1. The van der Waals surface area contributed by atoms with Crippen LogP contribution in [0.3, 0.4) is 0 Å². The molecule has 0 bridgehead atoms. The van der Waals surface area contributed by atoms with E-state index in [1.807, 2.05) is 0 Å². The molecular weight excluding hydrogens is 238 g/mol. The van der Waals surface area contributed by atoms with E-state index < -0.39 is 0 Å². The number of hydrogen-bond acceptors (Lipinski definition) is 1. The summed E-state index contributed by atoms with van der Waals surface area (Å²) >= 11 is 3.50. The van der Waals surface area contributed by atoms with Gasteiger partial charge in [-0.2, -0.15) is 0 Å². The van der Waals surface area contributed by atoms with Crippen molar-refractivity contribution in [2.45, 2.75) is 39.8 Å². The molecule has 1 rings (SSSR count). The van der Waals surface area contributed by atoms with Crippen LogP contribution in [-0.4, -0.2) is 6.04 Å². The van der Waals surface area contributed by atoms with Crippen LogP contribution in [0.15, 0.2) is 22.7 Å². The molecule has 0 aliphatic rings. The Balaban J connectivity index is 2.55. The highest BCUT2D eigenvalue weighted by Gasteiger charge is 1.99. The smallest absolute Gasteiger partial charge is 0.0208 e. The molecule has 0 heterocycles. The first-order valence-electron chi connectivity index (χ1n) is 5.12. The van der Waals surface area contributed by atoms with Gasteiger partial charge in [0, 0.05) is 17.1 Å². The van der Waals surface area contributed by atoms with E-state index in [0.29, 0.717) is 6.04 Å². The van der Waals surface area contributed by atoms with E-state index >= 15 is 0 Å². The van der Waals surface area contributed by atoms with Gasteiger partial charge in [0.25, 0.3) is 0 Å². The summed E-state index contributed by atoms with van der Waals surface area (Å²) in [6, 6.07) is 7.09. The van der Waals surface area contributed by atoms with E-state index in [1.54, 1.807) is 0 Å². The summed E-state index contributed by atoms with van der Waals surface area (Å²) in [5.41, 5.74) is 2.65. The summed E-state index contributed by atoms with van der Waals surface area (Å²) in [7, 11) is 0. The number of rotatable bonds is 4. The monoisotopic (exact) mass is 255 g/mol. The highest BCUT2D eigenvalue weighted by atomic mass is 79.9. The van der Waals surface area contributed by atoms with Crippen LogP contribution in [0.4, 0.5) is 0 Å². The summed E-state index contributed by atoms with van der Waals surface area (Å²) in [5, 5.41) is 3.48. The maximum atomic E-state index is 3.50. The molecule has 78 valence electrons. The van der Waals surface area contributed by atoms with Gasteiger partial charge in [-0.3, -0.25) is 0 Å². The third-order valence-electron chi connectivity index (χ3n) is 2.49. The number of benzene rings is 1. The van der Waals surface area contributed by atoms with Gasteiger partial charge in [0.2, 0.25) is 0 Å². The van der Waals surface area contributed by atoms with Crippen molar-refractivity contribution in [2.75, 3.05) is 0 Å². The van der Waals surface area contributed by atoms with Gasteiger partial charge in [0.1, 0.15) is 0 Å². The van der Waals surface area contributed by atoms with Crippen molar-refractivity contribution >= 4 is 15.9 Å². The fraction of sp³-hybridized carbons (Fsp3) is 0.500. The first kappa shape index (κ1) is 11.7. The molecule has 1 unspecified atom stereocenters. The minimum atomic E-state index is 0.596. The van der Waals surface area contributed by atoms with Crippen LogP contribution >= 0.6 is 15.9 Å². The lowest BCUT2D eigenvalue weighted by atomic mass is 10.1. The quantitative estimate of drug-likeness (QED) is 0.867. The number of hydrogen-bond donors (Lipinski definition) is 1. The summed E-state index contributed by atoms with van der Waals surface area (Å²) in [6.45, 7) is 7.50. The van der Waals surface area contributed by atoms with Gasteiger partial charge in [0.05, 0.1) is 0 Å². The van der Waals surface area contributed by atoms with Crippen molar-refractivity contribution < 1.29 is 0 Å². The highest BCUT2D eigenvalue weighted by Crippen LogP contribution is 2.16. The molecule has 0 aliphatic heterocycles. The van der Waals surface area contributed by atoms with Crippen molar-refractivity contribution in [1.29, 1.82) is 0 Å². The van der Waals surface area contributed by atoms with Crippen molar-refractivity contribution in [1.82, 2.24) is 5.32 Å². The number of aryl methyl sites for hydroxylation is 1. The Bertz CT molecular complexity index is 296. The molecule has 0 fully saturated rings. The van der Waals surface area contributed by atoms with Gasteiger partial charge in [-0.15, -0.1) is 0 Å². The Morgan fingerprint density at radius 2 is 2.14 bits per heavy atom. The van der Waals surface area contributed by atoms with Crippen LogP contribution in [0.5, 0.6) is 0 Å². The summed E-state index contributed by atoms with van der Waals surface area (Å²) in [4.78, 5) is 0. The Morgan fingerprint density at radius 1 is 1.43 bits per heavy atom. The lowest BCUT2D eigenvalue weighted by Crippen LogP contribution is -2.24. The van der Waals surface area contributed by atoms with Crippen molar-refractivity contribution in [3.8, 4) is 0 Å². The number of halogens is 1. The Morgan fingerprint density at radius 3 is 2.71 bits per heavy atom. The third-order valence-corrected chi connectivity index (χ3v) is 3.38. The van der Waals surface area contributed by atoms with Gasteiger partial charge in [-0.1, -0.05) is 35.0 Å². The Kier molecular flexibility index (Phi) is 4.63. The second-order valence-corrected chi connectivity index (χ2v) is 4.63. The van der Waals surface area contributed by atoms with Gasteiger partial charge < -0.3 is 5.32 Å². The molecule has 0 aromatic heterocycles. The molecule has 1 N–H and O–H groups in total. The predicted molar refractivity (Wildman–Crippen MR) is 65.5 cm³/mol. The summed E-state index contributed by atoms with van der Waals surface area (Å²) in [6.07, 6.45) is 1.18. The molecule has 0 saturated carbocycles. The maximum Gasteiger partial charge on any atom is 0.0208 e. The molecule has 0 radical (unpaired) electrons. The highest BCUT2D eigenvalue weighted by molar-refractivity contribution is 9.10. The molecular formula is C12H18BrN. The minimum absolute atomic E-state index is 0.596. The minimum Gasteiger partial charge on any atom is -0.310 e. The Hall–Kier alpha value is -0.340. The van der Waals surface area contributed by atoms with Crippen molar-refractivity contribution in [3.63, 3.8) is 0 Å². The molecule has 2 heteroatoms. The number of nitrogens with one attached hydrogen (secondary N) is 1. The van der Waals surface area contributed by atoms with Crippen LogP contribution in [0, 0.1) is 6.92 Å². The molecule has 0 aliphatic carbocycles. The average molecular weight is 256 g/mol. The van der Waals surface area contributed by atoms with Gasteiger partial charge in [-0.25, -0.2) is 0 Å². The maximum absolute atomic E-state index is 3.50. The zero-order valence-electron chi connectivity index (χ0n) is 9.10.